The van der Waals surface area contributed by atoms with Gasteiger partial charge in [-0.15, -0.1) is 0 Å². The predicted octanol–water partition coefficient (Wildman–Crippen LogP) is 5.27. The van der Waals surface area contributed by atoms with Crippen molar-refractivity contribution in [2.45, 2.75) is 43.9 Å². The van der Waals surface area contributed by atoms with Crippen molar-refractivity contribution >= 4 is 33.2 Å². The Kier molecular flexibility index (Phi) is 8.28. The van der Waals surface area contributed by atoms with Crippen LogP contribution in [0.2, 0.25) is 0 Å². The summed E-state index contributed by atoms with van der Waals surface area (Å²) in [6, 6.07) is 22.1. The summed E-state index contributed by atoms with van der Waals surface area (Å²) in [7, 11) is -4.02. The number of piperidine rings is 1. The number of hydrogen-bond acceptors (Lipinski definition) is 4. The molecule has 0 aromatic heterocycles. The molecule has 37 heavy (non-hydrogen) atoms. The van der Waals surface area contributed by atoms with Crippen LogP contribution in [0, 0.1) is 0 Å². The summed E-state index contributed by atoms with van der Waals surface area (Å²) in [4.78, 5) is 28.3. The van der Waals surface area contributed by atoms with Gasteiger partial charge in [0.2, 0.25) is 5.91 Å². The summed E-state index contributed by atoms with van der Waals surface area (Å²) in [6.07, 6.45) is 3.02. The summed E-state index contributed by atoms with van der Waals surface area (Å²) in [6.45, 7) is 5.06. The van der Waals surface area contributed by atoms with E-state index in [9.17, 15) is 18.0 Å². The Labute approximate surface area is 219 Å². The van der Waals surface area contributed by atoms with Crippen LogP contribution in [-0.2, 0) is 14.8 Å². The Hall–Kier alpha value is -3.65. The van der Waals surface area contributed by atoms with E-state index in [0.717, 1.165) is 29.1 Å². The lowest BCUT2D eigenvalue weighted by atomic mass is 10.0. The highest BCUT2D eigenvalue weighted by molar-refractivity contribution is 7.92. The molecule has 2 amide bonds. The highest BCUT2D eigenvalue weighted by Crippen LogP contribution is 2.26. The van der Waals surface area contributed by atoms with Gasteiger partial charge in [0.25, 0.3) is 15.9 Å². The van der Waals surface area contributed by atoms with Crippen molar-refractivity contribution in [3.63, 3.8) is 0 Å². The second kappa shape index (κ2) is 11.6. The number of nitrogens with one attached hydrogen (secondary N) is 1. The van der Waals surface area contributed by atoms with Crippen LogP contribution in [0.25, 0.3) is 0 Å². The molecule has 7 nitrogen and oxygen atoms in total. The van der Waals surface area contributed by atoms with E-state index in [2.05, 4.69) is 19.2 Å². The molecule has 4 rings (SSSR count). The topological polar surface area (TPSA) is 86.8 Å². The van der Waals surface area contributed by atoms with Gasteiger partial charge in [-0.25, -0.2) is 8.42 Å². The molecule has 3 aromatic carbocycles. The smallest absolute Gasteiger partial charge is 0.264 e. The van der Waals surface area contributed by atoms with Gasteiger partial charge in [0.1, 0.15) is 6.54 Å². The SMILES string of the molecule is CC(C)c1ccc(N(CC(=O)Nc2ccccc2C(=O)N2CCCCC2)S(=O)(=O)c2ccccc2)cc1. The largest absolute Gasteiger partial charge is 0.339 e. The molecule has 0 radical (unpaired) electrons. The second-order valence-corrected chi connectivity index (χ2v) is 11.4. The first-order valence-corrected chi connectivity index (χ1v) is 14.1. The maximum Gasteiger partial charge on any atom is 0.264 e. The molecule has 1 N–H and O–H groups in total. The predicted molar refractivity (Wildman–Crippen MR) is 146 cm³/mol. The van der Waals surface area contributed by atoms with Crippen LogP contribution in [0.1, 0.15) is 54.9 Å². The minimum Gasteiger partial charge on any atom is -0.339 e. The van der Waals surface area contributed by atoms with Crippen molar-refractivity contribution in [3.05, 3.63) is 90.0 Å². The van der Waals surface area contributed by atoms with E-state index in [4.69, 9.17) is 0 Å². The second-order valence-electron chi connectivity index (χ2n) is 9.52. The molecule has 8 heteroatoms. The minimum absolute atomic E-state index is 0.0939. The Morgan fingerprint density at radius 2 is 1.49 bits per heavy atom. The number of carbonyl (C=O) groups is 2. The molecular formula is C29H33N3O4S. The van der Waals surface area contributed by atoms with Gasteiger partial charge in [0, 0.05) is 13.1 Å². The fourth-order valence-corrected chi connectivity index (χ4v) is 5.87. The summed E-state index contributed by atoms with van der Waals surface area (Å²) >= 11 is 0. The van der Waals surface area contributed by atoms with Gasteiger partial charge >= 0.3 is 0 Å². The van der Waals surface area contributed by atoms with Crippen LogP contribution >= 0.6 is 0 Å². The highest BCUT2D eigenvalue weighted by Gasteiger charge is 2.28. The zero-order valence-electron chi connectivity index (χ0n) is 21.3. The zero-order chi connectivity index (χ0) is 26.4. The Morgan fingerprint density at radius 3 is 2.14 bits per heavy atom. The van der Waals surface area contributed by atoms with Gasteiger partial charge in [0.15, 0.2) is 0 Å². The maximum absolute atomic E-state index is 13.6. The number of rotatable bonds is 8. The van der Waals surface area contributed by atoms with E-state index < -0.39 is 22.5 Å². The normalized spacial score (nSPS) is 13.9. The molecule has 1 fully saturated rings. The van der Waals surface area contributed by atoms with Gasteiger partial charge in [-0.1, -0.05) is 56.3 Å². The maximum atomic E-state index is 13.6. The van der Waals surface area contributed by atoms with Gasteiger partial charge in [-0.05, 0) is 67.1 Å². The third kappa shape index (κ3) is 6.20. The molecular weight excluding hydrogens is 486 g/mol. The summed E-state index contributed by atoms with van der Waals surface area (Å²) < 4.78 is 28.3. The Balaban J connectivity index is 1.61. The molecule has 0 unspecified atom stereocenters. The highest BCUT2D eigenvalue weighted by atomic mass is 32.2. The standard InChI is InChI=1S/C29H33N3O4S/c1-22(2)23-15-17-24(18-16-23)32(37(35,36)25-11-5-3-6-12-25)21-28(33)30-27-14-8-7-13-26(27)29(34)31-19-9-4-10-20-31/h3,5-8,11-18,22H,4,9-10,19-21H2,1-2H3,(H,30,33). The Bertz CT molecular complexity index is 1330. The van der Waals surface area contributed by atoms with E-state index in [1.54, 1.807) is 59.5 Å². The number of benzene rings is 3. The fraction of sp³-hybridized carbons (Fsp3) is 0.310. The van der Waals surface area contributed by atoms with Crippen LogP contribution < -0.4 is 9.62 Å². The Morgan fingerprint density at radius 1 is 0.865 bits per heavy atom. The number of para-hydroxylation sites is 1. The number of carbonyl (C=O) groups excluding carboxylic acids is 2. The van der Waals surface area contributed by atoms with E-state index in [1.165, 1.54) is 12.1 Å². The van der Waals surface area contributed by atoms with Crippen molar-refractivity contribution in [2.24, 2.45) is 0 Å². The van der Waals surface area contributed by atoms with Crippen LogP contribution in [0.4, 0.5) is 11.4 Å². The molecule has 0 bridgehead atoms. The van der Waals surface area contributed by atoms with Crippen molar-refractivity contribution in [2.75, 3.05) is 29.3 Å². The lowest BCUT2D eigenvalue weighted by Gasteiger charge is -2.28. The van der Waals surface area contributed by atoms with Gasteiger partial charge in [-0.3, -0.25) is 13.9 Å². The van der Waals surface area contributed by atoms with Crippen molar-refractivity contribution in [3.8, 4) is 0 Å². The molecule has 1 saturated heterocycles. The number of nitrogens with zero attached hydrogens (tertiary/aromatic N) is 2. The molecule has 1 aliphatic rings. The third-order valence-electron chi connectivity index (χ3n) is 6.54. The van der Waals surface area contributed by atoms with E-state index in [0.29, 0.717) is 30.0 Å². The van der Waals surface area contributed by atoms with Crippen LogP contribution in [-0.4, -0.2) is 44.8 Å². The van der Waals surface area contributed by atoms with Gasteiger partial charge in [0.05, 0.1) is 21.8 Å². The van der Waals surface area contributed by atoms with E-state index in [-0.39, 0.29) is 16.7 Å². The molecule has 0 saturated carbocycles. The minimum atomic E-state index is -4.02. The van der Waals surface area contributed by atoms with Crippen molar-refractivity contribution in [1.82, 2.24) is 4.90 Å². The van der Waals surface area contributed by atoms with Crippen molar-refractivity contribution in [1.29, 1.82) is 0 Å². The van der Waals surface area contributed by atoms with Crippen molar-refractivity contribution < 1.29 is 18.0 Å². The number of amides is 2. The van der Waals surface area contributed by atoms with E-state index in [1.807, 2.05) is 12.1 Å². The first kappa shape index (κ1) is 26.4. The van der Waals surface area contributed by atoms with Gasteiger partial charge < -0.3 is 10.2 Å². The van der Waals surface area contributed by atoms with Gasteiger partial charge in [-0.2, -0.15) is 0 Å². The van der Waals surface area contributed by atoms with E-state index >= 15 is 0 Å². The molecule has 0 atom stereocenters. The lowest BCUT2D eigenvalue weighted by molar-refractivity contribution is -0.114. The fourth-order valence-electron chi connectivity index (χ4n) is 4.43. The third-order valence-corrected chi connectivity index (χ3v) is 8.33. The average molecular weight is 520 g/mol. The molecule has 194 valence electrons. The molecule has 3 aromatic rings. The van der Waals surface area contributed by atoms with Crippen LogP contribution in [0.15, 0.2) is 83.8 Å². The van der Waals surface area contributed by atoms with Crippen LogP contribution in [0.5, 0.6) is 0 Å². The zero-order valence-corrected chi connectivity index (χ0v) is 22.1. The lowest BCUT2D eigenvalue weighted by Crippen LogP contribution is -2.39. The number of hydrogen-bond donors (Lipinski definition) is 1. The molecule has 1 aliphatic heterocycles. The summed E-state index contributed by atoms with van der Waals surface area (Å²) in [5.74, 6) is -0.384. The number of sulfonamides is 1. The molecule has 1 heterocycles. The average Bonchev–Trinajstić information content (AvgIpc) is 2.92. The number of likely N-dealkylation sites (tertiary alicyclic amines) is 1. The van der Waals surface area contributed by atoms with Crippen LogP contribution in [0.3, 0.4) is 0 Å². The summed E-state index contributed by atoms with van der Waals surface area (Å²) in [5.41, 5.74) is 2.23. The molecule has 0 spiro atoms. The molecule has 0 aliphatic carbocycles. The summed E-state index contributed by atoms with van der Waals surface area (Å²) in [5, 5.41) is 2.79. The quantitative estimate of drug-likeness (QED) is 0.439. The number of anilines is 2. The monoisotopic (exact) mass is 519 g/mol. The first-order valence-electron chi connectivity index (χ1n) is 12.6. The first-order chi connectivity index (χ1) is 17.8.